The van der Waals surface area contributed by atoms with Crippen molar-refractivity contribution in [3.8, 4) is 17.1 Å². The van der Waals surface area contributed by atoms with Crippen molar-refractivity contribution in [2.45, 2.75) is 0 Å². The first-order valence-corrected chi connectivity index (χ1v) is 12.8. The van der Waals surface area contributed by atoms with Crippen molar-refractivity contribution < 1.29 is 4.42 Å². The molecule has 4 nitrogen and oxygen atoms in total. The monoisotopic (exact) mass is 485 g/mol. The van der Waals surface area contributed by atoms with Crippen molar-refractivity contribution in [2.75, 3.05) is 0 Å². The van der Waals surface area contributed by atoms with Crippen LogP contribution in [0.4, 0.5) is 0 Å². The fraction of sp³-hybridized carbons (Fsp3) is 0. The van der Waals surface area contributed by atoms with Crippen LogP contribution in [0.25, 0.3) is 82.5 Å². The molecule has 6 aromatic carbocycles. The molecule has 0 fully saturated rings. The number of hydrogen-bond donors (Lipinski definition) is 0. The first-order valence-electron chi connectivity index (χ1n) is 12.8. The van der Waals surface area contributed by atoms with Crippen LogP contribution < -0.4 is 0 Å². The van der Waals surface area contributed by atoms with Gasteiger partial charge in [-0.25, -0.2) is 9.97 Å². The van der Waals surface area contributed by atoms with Gasteiger partial charge in [0.25, 0.3) is 0 Å². The van der Waals surface area contributed by atoms with Crippen molar-refractivity contribution in [3.05, 3.63) is 115 Å². The number of aromatic nitrogens is 3. The van der Waals surface area contributed by atoms with Crippen LogP contribution in [0.15, 0.2) is 120 Å². The number of nitrogens with zero attached hydrogens (tertiary/aromatic N) is 3. The largest absolute Gasteiger partial charge is 0.456 e. The van der Waals surface area contributed by atoms with Crippen molar-refractivity contribution in [3.63, 3.8) is 0 Å². The van der Waals surface area contributed by atoms with E-state index in [1.807, 2.05) is 24.4 Å². The zero-order valence-electron chi connectivity index (χ0n) is 20.2. The van der Waals surface area contributed by atoms with Gasteiger partial charge in [-0.2, -0.15) is 0 Å². The zero-order chi connectivity index (χ0) is 24.8. The van der Waals surface area contributed by atoms with E-state index in [2.05, 4.69) is 95.6 Å². The third-order valence-corrected chi connectivity index (χ3v) is 7.81. The average Bonchev–Trinajstić information content (AvgIpc) is 3.53. The molecule has 0 aliphatic rings. The average molecular weight is 486 g/mol. The van der Waals surface area contributed by atoms with Crippen LogP contribution in [0.1, 0.15) is 0 Å². The number of hydrogen-bond acceptors (Lipinski definition) is 3. The summed E-state index contributed by atoms with van der Waals surface area (Å²) < 4.78 is 8.61. The molecule has 9 rings (SSSR count). The minimum atomic E-state index is 0.732. The van der Waals surface area contributed by atoms with E-state index in [1.54, 1.807) is 0 Å². The molecule has 0 aliphatic heterocycles. The van der Waals surface area contributed by atoms with E-state index in [9.17, 15) is 0 Å². The minimum absolute atomic E-state index is 0.732. The third kappa shape index (κ3) is 2.49. The highest BCUT2D eigenvalue weighted by molar-refractivity contribution is 6.34. The summed E-state index contributed by atoms with van der Waals surface area (Å²) in [6.45, 7) is 0. The van der Waals surface area contributed by atoms with Gasteiger partial charge in [-0.3, -0.25) is 0 Å². The zero-order valence-corrected chi connectivity index (χ0v) is 20.2. The Labute approximate surface area is 216 Å². The summed E-state index contributed by atoms with van der Waals surface area (Å²) in [5.74, 6) is 0.732. The summed E-state index contributed by atoms with van der Waals surface area (Å²) in [7, 11) is 0. The van der Waals surface area contributed by atoms with Gasteiger partial charge in [0.1, 0.15) is 16.7 Å². The molecule has 0 N–H and O–H groups in total. The molecule has 0 aliphatic carbocycles. The molecule has 176 valence electrons. The lowest BCUT2D eigenvalue weighted by molar-refractivity contribution is 0.669. The molecular weight excluding hydrogens is 466 g/mol. The van der Waals surface area contributed by atoms with Gasteiger partial charge in [-0.05, 0) is 40.4 Å². The van der Waals surface area contributed by atoms with Crippen LogP contribution in [-0.4, -0.2) is 14.5 Å². The predicted molar refractivity (Wildman–Crippen MR) is 155 cm³/mol. The Balaban J connectivity index is 1.46. The van der Waals surface area contributed by atoms with Gasteiger partial charge < -0.3 is 8.98 Å². The molecule has 3 heterocycles. The fourth-order valence-electron chi connectivity index (χ4n) is 6.26. The van der Waals surface area contributed by atoms with Crippen LogP contribution in [0.3, 0.4) is 0 Å². The molecule has 0 radical (unpaired) electrons. The predicted octanol–water partition coefficient (Wildman–Crippen LogP) is 8.88. The highest BCUT2D eigenvalue weighted by Gasteiger charge is 2.21. The maximum absolute atomic E-state index is 6.28. The standard InChI is InChI=1S/C34H19N3O/c1-2-9-20(10-3-1)34-35-19-27-33(36-34)23-11-4-5-15-25(23)37(27)26-16-6-12-21-22-13-7-17-28-31(22)32-24(30(21)26)14-8-18-29(32)38-28/h1-19H. The second-order valence-electron chi connectivity index (χ2n) is 9.81. The lowest BCUT2D eigenvalue weighted by Gasteiger charge is -2.15. The number of furan rings is 1. The van der Waals surface area contributed by atoms with Crippen molar-refractivity contribution in [1.29, 1.82) is 0 Å². The van der Waals surface area contributed by atoms with Gasteiger partial charge in [0, 0.05) is 27.1 Å². The van der Waals surface area contributed by atoms with Crippen LogP contribution in [0.2, 0.25) is 0 Å². The minimum Gasteiger partial charge on any atom is -0.456 e. The SMILES string of the molecule is c1ccc(-c2ncc3c(n2)c2ccccc2n3-c2cccc3c4cccc5oc6cccc(c23)c6c54)cc1. The summed E-state index contributed by atoms with van der Waals surface area (Å²) in [6.07, 6.45) is 1.97. The summed E-state index contributed by atoms with van der Waals surface area (Å²) in [5, 5.41) is 8.30. The van der Waals surface area contributed by atoms with Crippen LogP contribution >= 0.6 is 0 Å². The van der Waals surface area contributed by atoms with E-state index in [0.29, 0.717) is 0 Å². The smallest absolute Gasteiger partial charge is 0.159 e. The molecule has 0 amide bonds. The Morgan fingerprint density at radius 1 is 0.526 bits per heavy atom. The molecule has 38 heavy (non-hydrogen) atoms. The number of para-hydroxylation sites is 1. The topological polar surface area (TPSA) is 43.9 Å². The first kappa shape index (κ1) is 19.9. The summed E-state index contributed by atoms with van der Waals surface area (Å²) in [4.78, 5) is 9.90. The molecule has 0 spiro atoms. The molecule has 0 bridgehead atoms. The van der Waals surface area contributed by atoms with Gasteiger partial charge >= 0.3 is 0 Å². The summed E-state index contributed by atoms with van der Waals surface area (Å²) in [5.41, 5.74) is 7.02. The Morgan fingerprint density at radius 2 is 1.18 bits per heavy atom. The van der Waals surface area contributed by atoms with Crippen LogP contribution in [0, 0.1) is 0 Å². The van der Waals surface area contributed by atoms with Crippen molar-refractivity contribution >= 4 is 65.4 Å². The quantitative estimate of drug-likeness (QED) is 0.230. The first-order chi connectivity index (χ1) is 18.9. The number of benzene rings is 6. The Morgan fingerprint density at radius 3 is 2.03 bits per heavy atom. The molecule has 0 unspecified atom stereocenters. The Kier molecular flexibility index (Phi) is 3.76. The summed E-state index contributed by atoms with van der Waals surface area (Å²) >= 11 is 0. The lowest BCUT2D eigenvalue weighted by atomic mass is 9.93. The van der Waals surface area contributed by atoms with Crippen molar-refractivity contribution in [2.24, 2.45) is 0 Å². The summed E-state index contributed by atoms with van der Waals surface area (Å²) in [6, 6.07) is 38.0. The molecular formula is C34H19N3O. The van der Waals surface area contributed by atoms with E-state index in [4.69, 9.17) is 14.4 Å². The second-order valence-corrected chi connectivity index (χ2v) is 9.81. The Hall–Kier alpha value is -5.22. The lowest BCUT2D eigenvalue weighted by Crippen LogP contribution is -1.97. The van der Waals surface area contributed by atoms with Gasteiger partial charge in [-0.1, -0.05) is 84.9 Å². The van der Waals surface area contributed by atoms with Crippen LogP contribution in [-0.2, 0) is 0 Å². The molecule has 0 atom stereocenters. The molecule has 4 heteroatoms. The maximum atomic E-state index is 6.28. The Bertz CT molecular complexity index is 2340. The number of rotatable bonds is 2. The molecule has 9 aromatic rings. The number of fused-ring (bicyclic) bond motifs is 6. The van der Waals surface area contributed by atoms with E-state index in [-0.39, 0.29) is 0 Å². The molecule has 0 saturated heterocycles. The van der Waals surface area contributed by atoms with E-state index in [1.165, 1.54) is 32.3 Å². The third-order valence-electron chi connectivity index (χ3n) is 7.81. The van der Waals surface area contributed by atoms with Gasteiger partial charge in [0.2, 0.25) is 0 Å². The van der Waals surface area contributed by atoms with Gasteiger partial charge in [-0.15, -0.1) is 0 Å². The van der Waals surface area contributed by atoms with Crippen LogP contribution in [0.5, 0.6) is 0 Å². The molecule has 0 saturated carbocycles. The van der Waals surface area contributed by atoms with E-state index < -0.39 is 0 Å². The van der Waals surface area contributed by atoms with Gasteiger partial charge in [0.15, 0.2) is 5.82 Å². The highest BCUT2D eigenvalue weighted by atomic mass is 16.3. The van der Waals surface area contributed by atoms with E-state index >= 15 is 0 Å². The van der Waals surface area contributed by atoms with Crippen molar-refractivity contribution in [1.82, 2.24) is 14.5 Å². The fourth-order valence-corrected chi connectivity index (χ4v) is 6.26. The normalized spacial score (nSPS) is 12.2. The highest BCUT2D eigenvalue weighted by Crippen LogP contribution is 2.45. The second kappa shape index (κ2) is 7.17. The van der Waals surface area contributed by atoms with E-state index in [0.717, 1.165) is 50.2 Å². The van der Waals surface area contributed by atoms with Gasteiger partial charge in [0.05, 0.1) is 22.9 Å². The maximum Gasteiger partial charge on any atom is 0.159 e. The molecule has 3 aromatic heterocycles.